The van der Waals surface area contributed by atoms with Gasteiger partial charge in [-0.2, -0.15) is 0 Å². The Kier molecular flexibility index (Phi) is 3.01. The van der Waals surface area contributed by atoms with Gasteiger partial charge in [-0.3, -0.25) is 0 Å². The van der Waals surface area contributed by atoms with Gasteiger partial charge in [-0.25, -0.2) is 4.98 Å². The molecule has 0 atom stereocenters. The molecule has 1 saturated heterocycles. The van der Waals surface area contributed by atoms with E-state index in [0.717, 1.165) is 5.46 Å². The van der Waals surface area contributed by atoms with E-state index in [1.54, 1.807) is 6.20 Å². The van der Waals surface area contributed by atoms with Gasteiger partial charge in [0.05, 0.1) is 16.8 Å². The van der Waals surface area contributed by atoms with Gasteiger partial charge in [0.25, 0.3) is 0 Å². The Morgan fingerprint density at radius 3 is 2.25 bits per heavy atom. The van der Waals surface area contributed by atoms with E-state index in [2.05, 4.69) is 4.98 Å². The highest BCUT2D eigenvalue weighted by Crippen LogP contribution is 2.47. The van der Waals surface area contributed by atoms with Crippen LogP contribution in [0, 0.1) is 0 Å². The second-order valence-electron chi connectivity index (χ2n) is 6.69. The van der Waals surface area contributed by atoms with E-state index in [4.69, 9.17) is 20.9 Å². The number of halogens is 1. The zero-order valence-electron chi connectivity index (χ0n) is 12.2. The molecule has 0 unspecified atom stereocenters. The topological polar surface area (TPSA) is 51.6 Å². The van der Waals surface area contributed by atoms with Gasteiger partial charge in [0.15, 0.2) is 0 Å². The Balaban J connectivity index is 2.03. The SMILES string of the molecule is CC1(C)OB(c2ccnc(Cl)c2C2(O)CC2)OC1(C)C. The van der Waals surface area contributed by atoms with Crippen molar-refractivity contribution in [2.75, 3.05) is 0 Å². The lowest BCUT2D eigenvalue weighted by atomic mass is 9.75. The number of hydrogen-bond donors (Lipinski definition) is 1. The van der Waals surface area contributed by atoms with Crippen LogP contribution in [0.3, 0.4) is 0 Å². The number of nitrogens with zero attached hydrogens (tertiary/aromatic N) is 1. The van der Waals surface area contributed by atoms with Crippen molar-refractivity contribution < 1.29 is 14.4 Å². The molecule has 6 heteroatoms. The molecule has 108 valence electrons. The molecule has 20 heavy (non-hydrogen) atoms. The average Bonchev–Trinajstić information content (AvgIpc) is 3.00. The van der Waals surface area contributed by atoms with Crippen LogP contribution in [0.2, 0.25) is 5.15 Å². The largest absolute Gasteiger partial charge is 0.495 e. The highest BCUT2D eigenvalue weighted by molar-refractivity contribution is 6.63. The zero-order chi connectivity index (χ0) is 14.8. The maximum atomic E-state index is 10.4. The van der Waals surface area contributed by atoms with E-state index in [-0.39, 0.29) is 0 Å². The molecule has 1 aliphatic carbocycles. The average molecular weight is 296 g/mol. The smallest absolute Gasteiger partial charge is 0.399 e. The van der Waals surface area contributed by atoms with Crippen molar-refractivity contribution in [2.45, 2.75) is 57.3 Å². The minimum atomic E-state index is -0.871. The Hall–Kier alpha value is -0.615. The second-order valence-corrected chi connectivity index (χ2v) is 7.04. The molecule has 2 heterocycles. The summed E-state index contributed by atoms with van der Waals surface area (Å²) in [6.45, 7) is 8.01. The fourth-order valence-corrected chi connectivity index (χ4v) is 2.79. The summed E-state index contributed by atoms with van der Waals surface area (Å²) < 4.78 is 12.1. The Morgan fingerprint density at radius 2 is 1.75 bits per heavy atom. The van der Waals surface area contributed by atoms with Crippen LogP contribution in [0.1, 0.15) is 46.1 Å². The van der Waals surface area contributed by atoms with Crippen molar-refractivity contribution in [2.24, 2.45) is 0 Å². The van der Waals surface area contributed by atoms with Crippen LogP contribution in [0.15, 0.2) is 12.3 Å². The molecule has 4 nitrogen and oxygen atoms in total. The maximum Gasteiger partial charge on any atom is 0.495 e. The lowest BCUT2D eigenvalue weighted by Crippen LogP contribution is -2.41. The van der Waals surface area contributed by atoms with E-state index < -0.39 is 23.9 Å². The van der Waals surface area contributed by atoms with Gasteiger partial charge >= 0.3 is 7.12 Å². The molecule has 2 aliphatic rings. The Labute approximate surface area is 124 Å². The fourth-order valence-electron chi connectivity index (χ4n) is 2.45. The first-order valence-corrected chi connectivity index (χ1v) is 7.27. The van der Waals surface area contributed by atoms with Crippen LogP contribution >= 0.6 is 11.6 Å². The summed E-state index contributed by atoms with van der Waals surface area (Å²) in [5.41, 5.74) is -0.276. The lowest BCUT2D eigenvalue weighted by molar-refractivity contribution is 0.00578. The van der Waals surface area contributed by atoms with Gasteiger partial charge in [0.2, 0.25) is 0 Å². The third kappa shape index (κ3) is 2.08. The third-order valence-corrected chi connectivity index (χ3v) is 4.92. The number of rotatable bonds is 2. The van der Waals surface area contributed by atoms with Crippen LogP contribution in [-0.2, 0) is 14.9 Å². The summed E-state index contributed by atoms with van der Waals surface area (Å²) >= 11 is 6.19. The molecule has 1 aromatic heterocycles. The third-order valence-electron chi connectivity index (χ3n) is 4.63. The Morgan fingerprint density at radius 1 is 1.20 bits per heavy atom. The van der Waals surface area contributed by atoms with E-state index in [1.165, 1.54) is 0 Å². The van der Waals surface area contributed by atoms with Gasteiger partial charge in [0, 0.05) is 11.8 Å². The molecule has 0 aromatic carbocycles. The summed E-state index contributed by atoms with van der Waals surface area (Å²) in [4.78, 5) is 4.08. The van der Waals surface area contributed by atoms with Crippen molar-refractivity contribution >= 4 is 24.2 Å². The molecule has 0 bridgehead atoms. The second kappa shape index (κ2) is 4.20. The first-order valence-electron chi connectivity index (χ1n) is 6.89. The van der Waals surface area contributed by atoms with Crippen molar-refractivity contribution in [3.8, 4) is 0 Å². The highest BCUT2D eigenvalue weighted by Gasteiger charge is 2.55. The summed E-state index contributed by atoms with van der Waals surface area (Å²) in [5, 5.41) is 10.8. The zero-order valence-corrected chi connectivity index (χ0v) is 13.0. The molecule has 1 aliphatic heterocycles. The predicted octanol–water partition coefficient (Wildman–Crippen LogP) is 2.02. The molecule has 0 spiro atoms. The van der Waals surface area contributed by atoms with Crippen LogP contribution in [-0.4, -0.2) is 28.4 Å². The quantitative estimate of drug-likeness (QED) is 0.670. The fraction of sp³-hybridized carbons (Fsp3) is 0.643. The normalized spacial score (nSPS) is 25.8. The molecular formula is C14H19BClNO3. The molecule has 0 amide bonds. The minimum absolute atomic E-state index is 0.331. The van der Waals surface area contributed by atoms with Crippen molar-refractivity contribution in [1.82, 2.24) is 4.98 Å². The molecule has 3 rings (SSSR count). The number of hydrogen-bond acceptors (Lipinski definition) is 4. The van der Waals surface area contributed by atoms with Gasteiger partial charge in [-0.1, -0.05) is 11.6 Å². The summed E-state index contributed by atoms with van der Waals surface area (Å²) in [5.74, 6) is 0. The first kappa shape index (κ1) is 14.3. The monoisotopic (exact) mass is 295 g/mol. The standard InChI is InChI=1S/C14H19BClNO3/c1-12(2)13(3,4)20-15(19-12)9-5-8-17-11(16)10(9)14(18)6-7-14/h5,8,18H,6-7H2,1-4H3. The van der Waals surface area contributed by atoms with E-state index in [1.807, 2.05) is 33.8 Å². The predicted molar refractivity (Wildman–Crippen MR) is 78.1 cm³/mol. The van der Waals surface area contributed by atoms with Crippen molar-refractivity contribution in [3.05, 3.63) is 23.0 Å². The number of aliphatic hydroxyl groups is 1. The molecular weight excluding hydrogens is 276 g/mol. The van der Waals surface area contributed by atoms with Gasteiger partial charge in [0.1, 0.15) is 5.15 Å². The minimum Gasteiger partial charge on any atom is -0.399 e. The van der Waals surface area contributed by atoms with E-state index in [0.29, 0.717) is 23.6 Å². The van der Waals surface area contributed by atoms with Crippen molar-refractivity contribution in [1.29, 1.82) is 0 Å². The van der Waals surface area contributed by atoms with Gasteiger partial charge < -0.3 is 14.4 Å². The summed E-state index contributed by atoms with van der Waals surface area (Å²) in [7, 11) is -0.528. The van der Waals surface area contributed by atoms with E-state index >= 15 is 0 Å². The van der Waals surface area contributed by atoms with Gasteiger partial charge in [-0.05, 0) is 52.1 Å². The number of aromatic nitrogens is 1. The highest BCUT2D eigenvalue weighted by atomic mass is 35.5. The van der Waals surface area contributed by atoms with Crippen LogP contribution in [0.4, 0.5) is 0 Å². The number of pyridine rings is 1. The maximum absolute atomic E-state index is 10.4. The first-order chi connectivity index (χ1) is 9.16. The van der Waals surface area contributed by atoms with Crippen molar-refractivity contribution in [3.63, 3.8) is 0 Å². The molecule has 0 radical (unpaired) electrons. The van der Waals surface area contributed by atoms with E-state index in [9.17, 15) is 5.11 Å². The van der Waals surface area contributed by atoms with Crippen LogP contribution < -0.4 is 5.46 Å². The summed E-state index contributed by atoms with van der Waals surface area (Å²) in [6, 6.07) is 1.82. The molecule has 1 aromatic rings. The van der Waals surface area contributed by atoms with Crippen LogP contribution in [0.5, 0.6) is 0 Å². The lowest BCUT2D eigenvalue weighted by Gasteiger charge is -2.32. The molecule has 1 saturated carbocycles. The van der Waals surface area contributed by atoms with Crippen LogP contribution in [0.25, 0.3) is 0 Å². The summed E-state index contributed by atoms with van der Waals surface area (Å²) in [6.07, 6.45) is 3.02. The Bertz CT molecular complexity index is 541. The molecule has 1 N–H and O–H groups in total. The molecule has 2 fully saturated rings. The van der Waals surface area contributed by atoms with Gasteiger partial charge in [-0.15, -0.1) is 0 Å².